The van der Waals surface area contributed by atoms with Crippen LogP contribution in [-0.2, 0) is 4.79 Å². The molecule has 2 N–H and O–H groups in total. The zero-order valence-electron chi connectivity index (χ0n) is 12.9. The lowest BCUT2D eigenvalue weighted by atomic mass is 9.93. The van der Waals surface area contributed by atoms with Gasteiger partial charge in [0, 0.05) is 25.7 Å². The molecule has 0 aromatic heterocycles. The van der Waals surface area contributed by atoms with Crippen molar-refractivity contribution in [3.63, 3.8) is 0 Å². The van der Waals surface area contributed by atoms with Crippen molar-refractivity contribution in [2.45, 2.75) is 57.6 Å². The van der Waals surface area contributed by atoms with Gasteiger partial charge in [0.15, 0.2) is 0 Å². The van der Waals surface area contributed by atoms with Crippen molar-refractivity contribution in [2.75, 3.05) is 26.2 Å². The van der Waals surface area contributed by atoms with Crippen LogP contribution in [0.5, 0.6) is 0 Å². The molecular formula is C15H27N3O3. The summed E-state index contributed by atoms with van der Waals surface area (Å²) in [5.74, 6) is 0.0450. The van der Waals surface area contributed by atoms with Crippen molar-refractivity contribution in [2.24, 2.45) is 0 Å². The van der Waals surface area contributed by atoms with Crippen LogP contribution in [0.25, 0.3) is 0 Å². The molecule has 0 aromatic carbocycles. The molecule has 21 heavy (non-hydrogen) atoms. The molecule has 0 unspecified atom stereocenters. The quantitative estimate of drug-likeness (QED) is 0.814. The van der Waals surface area contributed by atoms with Gasteiger partial charge in [-0.1, -0.05) is 6.92 Å². The average molecular weight is 297 g/mol. The third kappa shape index (κ3) is 4.59. The molecule has 0 atom stereocenters. The summed E-state index contributed by atoms with van der Waals surface area (Å²) >= 11 is 0. The second-order valence-electron chi connectivity index (χ2n) is 6.11. The Balaban J connectivity index is 1.83. The molecule has 0 bridgehead atoms. The maximum Gasteiger partial charge on any atom is 0.318 e. The molecule has 1 aliphatic heterocycles. The summed E-state index contributed by atoms with van der Waals surface area (Å²) in [7, 11) is 0. The number of aliphatic hydroxyl groups is 1. The van der Waals surface area contributed by atoms with E-state index in [0.29, 0.717) is 6.54 Å². The molecule has 0 spiro atoms. The molecule has 2 aliphatic rings. The minimum Gasteiger partial charge on any atom is -0.393 e. The molecule has 2 fully saturated rings. The van der Waals surface area contributed by atoms with E-state index in [-0.39, 0.29) is 30.6 Å². The molecule has 1 saturated carbocycles. The topological polar surface area (TPSA) is 72.9 Å². The number of urea groups is 1. The van der Waals surface area contributed by atoms with Crippen LogP contribution in [0.15, 0.2) is 0 Å². The third-order valence-corrected chi connectivity index (χ3v) is 4.34. The van der Waals surface area contributed by atoms with Crippen molar-refractivity contribution < 1.29 is 14.7 Å². The highest BCUT2D eigenvalue weighted by Gasteiger charge is 2.27. The number of nitrogens with one attached hydrogen (secondary N) is 1. The second kappa shape index (κ2) is 7.64. The zero-order chi connectivity index (χ0) is 15.2. The fourth-order valence-corrected chi connectivity index (χ4v) is 3.09. The van der Waals surface area contributed by atoms with Gasteiger partial charge in [0.25, 0.3) is 0 Å². The van der Waals surface area contributed by atoms with Crippen LogP contribution < -0.4 is 5.32 Å². The van der Waals surface area contributed by atoms with Gasteiger partial charge in [-0.05, 0) is 38.5 Å². The van der Waals surface area contributed by atoms with E-state index in [1.54, 1.807) is 4.90 Å². The minimum atomic E-state index is -0.222. The van der Waals surface area contributed by atoms with Gasteiger partial charge in [0.1, 0.15) is 6.54 Å². The summed E-state index contributed by atoms with van der Waals surface area (Å²) in [6, 6.07) is -0.00547. The van der Waals surface area contributed by atoms with Gasteiger partial charge < -0.3 is 20.2 Å². The number of amides is 3. The van der Waals surface area contributed by atoms with Crippen molar-refractivity contribution in [3.05, 3.63) is 0 Å². The van der Waals surface area contributed by atoms with Crippen LogP contribution in [0.3, 0.4) is 0 Å². The lowest BCUT2D eigenvalue weighted by Gasteiger charge is -2.29. The molecule has 0 aromatic rings. The molecule has 1 heterocycles. The summed E-state index contributed by atoms with van der Waals surface area (Å²) in [5, 5.41) is 12.5. The van der Waals surface area contributed by atoms with Crippen molar-refractivity contribution in [1.29, 1.82) is 0 Å². The largest absolute Gasteiger partial charge is 0.393 e. The van der Waals surface area contributed by atoms with Crippen LogP contribution in [0, 0.1) is 0 Å². The van der Waals surface area contributed by atoms with Crippen LogP contribution in [-0.4, -0.2) is 65.2 Å². The van der Waals surface area contributed by atoms with Gasteiger partial charge in [-0.3, -0.25) is 4.79 Å². The molecule has 1 saturated heterocycles. The molecule has 1 aliphatic carbocycles. The predicted octanol–water partition coefficient (Wildman–Crippen LogP) is 0.944. The summed E-state index contributed by atoms with van der Waals surface area (Å²) in [6.07, 6.45) is 4.68. The Labute approximate surface area is 126 Å². The predicted molar refractivity (Wildman–Crippen MR) is 79.9 cm³/mol. The van der Waals surface area contributed by atoms with Crippen LogP contribution in [0.2, 0.25) is 0 Å². The van der Waals surface area contributed by atoms with Crippen molar-refractivity contribution in [1.82, 2.24) is 15.1 Å². The molecule has 2 rings (SSSR count). The first-order valence-electron chi connectivity index (χ1n) is 8.11. The number of aliphatic hydroxyl groups excluding tert-OH is 1. The Kier molecular flexibility index (Phi) is 5.85. The van der Waals surface area contributed by atoms with Gasteiger partial charge in [-0.15, -0.1) is 0 Å². The first-order valence-corrected chi connectivity index (χ1v) is 8.11. The Morgan fingerprint density at radius 2 is 2.00 bits per heavy atom. The van der Waals surface area contributed by atoms with E-state index in [1.165, 1.54) is 0 Å². The highest BCUT2D eigenvalue weighted by Crippen LogP contribution is 2.18. The van der Waals surface area contributed by atoms with Crippen LogP contribution in [0.4, 0.5) is 4.79 Å². The number of rotatable bonds is 3. The smallest absolute Gasteiger partial charge is 0.318 e. The first-order chi connectivity index (χ1) is 10.1. The first kappa shape index (κ1) is 16.1. The van der Waals surface area contributed by atoms with Gasteiger partial charge in [-0.2, -0.15) is 0 Å². The van der Waals surface area contributed by atoms with E-state index in [4.69, 9.17) is 0 Å². The van der Waals surface area contributed by atoms with Gasteiger partial charge in [-0.25, -0.2) is 4.79 Å². The molecule has 6 heteroatoms. The van der Waals surface area contributed by atoms with Crippen LogP contribution in [0.1, 0.15) is 45.4 Å². The highest BCUT2D eigenvalue weighted by atomic mass is 16.3. The van der Waals surface area contributed by atoms with E-state index >= 15 is 0 Å². The van der Waals surface area contributed by atoms with E-state index in [0.717, 1.165) is 51.6 Å². The summed E-state index contributed by atoms with van der Waals surface area (Å²) < 4.78 is 0. The highest BCUT2D eigenvalue weighted by molar-refractivity contribution is 5.84. The van der Waals surface area contributed by atoms with E-state index < -0.39 is 0 Å². The summed E-state index contributed by atoms with van der Waals surface area (Å²) in [6.45, 7) is 4.38. The van der Waals surface area contributed by atoms with E-state index in [2.05, 4.69) is 12.2 Å². The number of hydrogen-bond donors (Lipinski definition) is 2. The molecule has 120 valence electrons. The lowest BCUT2D eigenvalue weighted by Crippen LogP contribution is -2.48. The number of hydrogen-bond acceptors (Lipinski definition) is 3. The SMILES string of the molecule is CCCN1CCCN(C(=O)NC2CCC(O)CC2)CC1=O. The Bertz CT molecular complexity index is 367. The Morgan fingerprint density at radius 3 is 2.67 bits per heavy atom. The molecule has 3 amide bonds. The fraction of sp³-hybridized carbons (Fsp3) is 0.867. The van der Waals surface area contributed by atoms with Gasteiger partial charge >= 0.3 is 6.03 Å². The normalized spacial score (nSPS) is 27.4. The second-order valence-corrected chi connectivity index (χ2v) is 6.11. The summed E-state index contributed by atoms with van der Waals surface area (Å²) in [4.78, 5) is 27.9. The third-order valence-electron chi connectivity index (χ3n) is 4.34. The molecular weight excluding hydrogens is 270 g/mol. The van der Waals surface area contributed by atoms with Crippen molar-refractivity contribution in [3.8, 4) is 0 Å². The number of carbonyl (C=O) groups excluding carboxylic acids is 2. The lowest BCUT2D eigenvalue weighted by molar-refractivity contribution is -0.130. The fourth-order valence-electron chi connectivity index (χ4n) is 3.09. The van der Waals surface area contributed by atoms with Crippen molar-refractivity contribution >= 4 is 11.9 Å². The van der Waals surface area contributed by atoms with E-state index in [1.807, 2.05) is 4.90 Å². The van der Waals surface area contributed by atoms with Gasteiger partial charge in [0.2, 0.25) is 5.91 Å². The number of nitrogens with zero attached hydrogens (tertiary/aromatic N) is 2. The van der Waals surface area contributed by atoms with Crippen LogP contribution >= 0.6 is 0 Å². The minimum absolute atomic E-state index is 0.0450. The number of carbonyl (C=O) groups is 2. The maximum atomic E-state index is 12.3. The standard InChI is InChI=1S/C15H27N3O3/c1-2-8-17-9-3-10-18(11-14(17)20)15(21)16-12-4-6-13(19)7-5-12/h12-13,19H,2-11H2,1H3,(H,16,21). The zero-order valence-corrected chi connectivity index (χ0v) is 12.9. The Morgan fingerprint density at radius 1 is 1.29 bits per heavy atom. The monoisotopic (exact) mass is 297 g/mol. The molecule has 6 nitrogen and oxygen atoms in total. The maximum absolute atomic E-state index is 12.3. The average Bonchev–Trinajstić information content (AvgIpc) is 2.64. The summed E-state index contributed by atoms with van der Waals surface area (Å²) in [5.41, 5.74) is 0. The van der Waals surface area contributed by atoms with Gasteiger partial charge in [0.05, 0.1) is 6.10 Å². The molecule has 0 radical (unpaired) electrons. The van der Waals surface area contributed by atoms with E-state index in [9.17, 15) is 14.7 Å². The Hall–Kier alpha value is -1.30.